The molecule has 0 aliphatic rings. The van der Waals surface area contributed by atoms with Gasteiger partial charge in [-0.1, -0.05) is 36.4 Å². The fourth-order valence-electron chi connectivity index (χ4n) is 3.15. The zero-order valence-corrected chi connectivity index (χ0v) is 16.9. The number of nitrogens with zero attached hydrogens (tertiary/aromatic N) is 4. The van der Waals surface area contributed by atoms with Crippen LogP contribution in [0.2, 0.25) is 0 Å². The molecule has 6 heteroatoms. The Kier molecular flexibility index (Phi) is 5.68. The Bertz CT molecular complexity index is 1280. The number of amides is 1. The van der Waals surface area contributed by atoms with Gasteiger partial charge in [0.05, 0.1) is 5.69 Å². The van der Waals surface area contributed by atoms with Gasteiger partial charge in [0, 0.05) is 35.4 Å². The molecule has 1 amide bonds. The first kappa shape index (κ1) is 19.8. The van der Waals surface area contributed by atoms with E-state index in [-0.39, 0.29) is 5.57 Å². The standard InChI is InChI=1S/C25H19N5O/c1-18-7-5-6-10-23(18)28-25(31)20(16-26)15-21-17-30(22-8-3-2-4-9-22)29-24(21)19-11-13-27-14-12-19/h2-15,17H,1H3,(H,28,31)/b20-15+. The van der Waals surface area contributed by atoms with Crippen LogP contribution in [0.15, 0.2) is 90.9 Å². The molecule has 150 valence electrons. The van der Waals surface area contributed by atoms with E-state index in [4.69, 9.17) is 5.10 Å². The number of para-hydroxylation sites is 2. The van der Waals surface area contributed by atoms with Crippen LogP contribution in [0.4, 0.5) is 5.69 Å². The highest BCUT2D eigenvalue weighted by molar-refractivity contribution is 6.10. The van der Waals surface area contributed by atoms with Crippen molar-refractivity contribution in [2.45, 2.75) is 6.92 Å². The average molecular weight is 405 g/mol. The highest BCUT2D eigenvalue weighted by Gasteiger charge is 2.15. The quantitative estimate of drug-likeness (QED) is 0.382. The number of pyridine rings is 1. The second-order valence-electron chi connectivity index (χ2n) is 6.89. The maximum atomic E-state index is 12.8. The number of anilines is 1. The van der Waals surface area contributed by atoms with Gasteiger partial charge in [-0.15, -0.1) is 0 Å². The lowest BCUT2D eigenvalue weighted by Crippen LogP contribution is -2.14. The lowest BCUT2D eigenvalue weighted by atomic mass is 10.1. The van der Waals surface area contributed by atoms with Crippen LogP contribution in [0.1, 0.15) is 11.1 Å². The summed E-state index contributed by atoms with van der Waals surface area (Å²) < 4.78 is 1.73. The minimum Gasteiger partial charge on any atom is -0.321 e. The molecule has 0 saturated carbocycles. The third-order valence-corrected chi connectivity index (χ3v) is 4.78. The van der Waals surface area contributed by atoms with Crippen LogP contribution in [-0.4, -0.2) is 20.7 Å². The summed E-state index contributed by atoms with van der Waals surface area (Å²) in [5.41, 5.74) is 4.61. The Morgan fingerprint density at radius 3 is 2.45 bits per heavy atom. The van der Waals surface area contributed by atoms with Crippen molar-refractivity contribution in [1.82, 2.24) is 14.8 Å². The number of benzene rings is 2. The van der Waals surface area contributed by atoms with Gasteiger partial charge in [-0.25, -0.2) is 4.68 Å². The number of rotatable bonds is 5. The van der Waals surface area contributed by atoms with Gasteiger partial charge < -0.3 is 5.32 Å². The van der Waals surface area contributed by atoms with Crippen LogP contribution in [0.5, 0.6) is 0 Å². The topological polar surface area (TPSA) is 83.6 Å². The summed E-state index contributed by atoms with van der Waals surface area (Å²) in [5.74, 6) is -0.468. The Hall–Kier alpha value is -4.50. The molecule has 0 unspecified atom stereocenters. The Morgan fingerprint density at radius 1 is 1.03 bits per heavy atom. The lowest BCUT2D eigenvalue weighted by molar-refractivity contribution is -0.112. The number of aryl methyl sites for hydroxylation is 1. The molecule has 2 heterocycles. The molecule has 2 aromatic carbocycles. The minimum atomic E-state index is -0.468. The minimum absolute atomic E-state index is 0.00818. The van der Waals surface area contributed by atoms with Crippen molar-refractivity contribution in [3.63, 3.8) is 0 Å². The van der Waals surface area contributed by atoms with Crippen LogP contribution >= 0.6 is 0 Å². The van der Waals surface area contributed by atoms with E-state index in [1.807, 2.05) is 79.9 Å². The fraction of sp³-hybridized carbons (Fsp3) is 0.0400. The van der Waals surface area contributed by atoms with Gasteiger partial charge in [0.15, 0.2) is 0 Å². The van der Waals surface area contributed by atoms with Gasteiger partial charge in [0.25, 0.3) is 5.91 Å². The smallest absolute Gasteiger partial charge is 0.266 e. The molecule has 1 N–H and O–H groups in total. The third-order valence-electron chi connectivity index (χ3n) is 4.78. The molecule has 0 saturated heterocycles. The van der Waals surface area contributed by atoms with Crippen molar-refractivity contribution in [1.29, 1.82) is 5.26 Å². The molecule has 0 fully saturated rings. The molecule has 4 rings (SSSR count). The van der Waals surface area contributed by atoms with E-state index in [0.717, 1.165) is 16.8 Å². The molecule has 0 spiro atoms. The van der Waals surface area contributed by atoms with Gasteiger partial charge in [0.2, 0.25) is 0 Å². The molecule has 0 atom stereocenters. The molecule has 0 bridgehead atoms. The van der Waals surface area contributed by atoms with E-state index in [9.17, 15) is 10.1 Å². The van der Waals surface area contributed by atoms with Crippen LogP contribution < -0.4 is 5.32 Å². The van der Waals surface area contributed by atoms with Crippen molar-refractivity contribution in [2.75, 3.05) is 5.32 Å². The number of aromatic nitrogens is 3. The second kappa shape index (κ2) is 8.89. The Labute approximate surface area is 180 Å². The number of nitriles is 1. The summed E-state index contributed by atoms with van der Waals surface area (Å²) in [6.07, 6.45) is 6.74. The Morgan fingerprint density at radius 2 is 1.74 bits per heavy atom. The first-order valence-corrected chi connectivity index (χ1v) is 9.70. The summed E-state index contributed by atoms with van der Waals surface area (Å²) in [6.45, 7) is 1.90. The van der Waals surface area contributed by atoms with Crippen LogP contribution in [-0.2, 0) is 4.79 Å². The van der Waals surface area contributed by atoms with E-state index in [1.165, 1.54) is 0 Å². The summed E-state index contributed by atoms with van der Waals surface area (Å²) in [4.78, 5) is 16.8. The third kappa shape index (κ3) is 4.41. The summed E-state index contributed by atoms with van der Waals surface area (Å²) >= 11 is 0. The summed E-state index contributed by atoms with van der Waals surface area (Å²) in [6, 6.07) is 22.8. The van der Waals surface area contributed by atoms with Gasteiger partial charge in [0.1, 0.15) is 17.3 Å². The molecule has 0 aliphatic heterocycles. The zero-order chi connectivity index (χ0) is 21.6. The number of nitrogens with one attached hydrogen (secondary N) is 1. The van der Waals surface area contributed by atoms with E-state index in [2.05, 4.69) is 10.3 Å². The van der Waals surface area contributed by atoms with E-state index in [1.54, 1.807) is 29.2 Å². The highest BCUT2D eigenvalue weighted by Crippen LogP contribution is 2.25. The molecule has 0 radical (unpaired) electrons. The fourth-order valence-corrected chi connectivity index (χ4v) is 3.15. The average Bonchev–Trinajstić information content (AvgIpc) is 3.24. The first-order chi connectivity index (χ1) is 15.2. The number of carbonyl (C=O) groups is 1. The highest BCUT2D eigenvalue weighted by atomic mass is 16.1. The van der Waals surface area contributed by atoms with Crippen LogP contribution in [0, 0.1) is 18.3 Å². The maximum absolute atomic E-state index is 12.8. The van der Waals surface area contributed by atoms with Crippen molar-refractivity contribution in [2.24, 2.45) is 0 Å². The first-order valence-electron chi connectivity index (χ1n) is 9.70. The van der Waals surface area contributed by atoms with Crippen molar-refractivity contribution >= 4 is 17.7 Å². The largest absolute Gasteiger partial charge is 0.321 e. The number of carbonyl (C=O) groups excluding carboxylic acids is 1. The summed E-state index contributed by atoms with van der Waals surface area (Å²) in [7, 11) is 0. The van der Waals surface area contributed by atoms with E-state index < -0.39 is 5.91 Å². The van der Waals surface area contributed by atoms with Crippen molar-refractivity contribution in [3.8, 4) is 23.0 Å². The number of hydrogen-bond donors (Lipinski definition) is 1. The van der Waals surface area contributed by atoms with Crippen LogP contribution in [0.3, 0.4) is 0 Å². The molecule has 4 aromatic rings. The molecular weight excluding hydrogens is 386 g/mol. The van der Waals surface area contributed by atoms with Gasteiger partial charge in [-0.2, -0.15) is 10.4 Å². The van der Waals surface area contributed by atoms with E-state index >= 15 is 0 Å². The van der Waals surface area contributed by atoms with Gasteiger partial charge >= 0.3 is 0 Å². The predicted octanol–water partition coefficient (Wildman–Crippen LogP) is 4.79. The zero-order valence-electron chi connectivity index (χ0n) is 16.9. The van der Waals surface area contributed by atoms with Crippen LogP contribution in [0.25, 0.3) is 23.0 Å². The maximum Gasteiger partial charge on any atom is 0.266 e. The molecule has 0 aliphatic carbocycles. The van der Waals surface area contributed by atoms with Crippen molar-refractivity contribution in [3.05, 3.63) is 102 Å². The molecule has 31 heavy (non-hydrogen) atoms. The van der Waals surface area contributed by atoms with Gasteiger partial charge in [-0.3, -0.25) is 9.78 Å². The molecular formula is C25H19N5O. The predicted molar refractivity (Wildman–Crippen MR) is 120 cm³/mol. The van der Waals surface area contributed by atoms with Gasteiger partial charge in [-0.05, 0) is 48.9 Å². The van der Waals surface area contributed by atoms with Crippen molar-refractivity contribution < 1.29 is 4.79 Å². The molecule has 6 nitrogen and oxygen atoms in total. The van der Waals surface area contributed by atoms with E-state index in [0.29, 0.717) is 16.9 Å². The SMILES string of the molecule is Cc1ccccc1NC(=O)/C(C#N)=C/c1cn(-c2ccccc2)nc1-c1ccncc1. The number of hydrogen-bond acceptors (Lipinski definition) is 4. The Balaban J connectivity index is 1.75. The summed E-state index contributed by atoms with van der Waals surface area (Å²) in [5, 5.41) is 17.2. The monoisotopic (exact) mass is 405 g/mol. The lowest BCUT2D eigenvalue weighted by Gasteiger charge is -2.07. The normalized spacial score (nSPS) is 11.0. The second-order valence-corrected chi connectivity index (χ2v) is 6.89. The molecule has 2 aromatic heterocycles.